The van der Waals surface area contributed by atoms with Gasteiger partial charge >= 0.3 is 6.18 Å². The Hall–Kier alpha value is -0.330. The summed E-state index contributed by atoms with van der Waals surface area (Å²) in [7, 11) is 0. The molecule has 0 aromatic carbocycles. The van der Waals surface area contributed by atoms with Crippen LogP contribution in [0.5, 0.6) is 0 Å². The van der Waals surface area contributed by atoms with Crippen molar-refractivity contribution in [2.75, 3.05) is 13.2 Å². The van der Waals surface area contributed by atoms with Gasteiger partial charge in [-0.25, -0.2) is 0 Å². The van der Waals surface area contributed by atoms with Gasteiger partial charge < -0.3 is 15.2 Å². The zero-order valence-electron chi connectivity index (χ0n) is 10.3. The number of nitrogens with one attached hydrogen (secondary N) is 1. The molecule has 18 heavy (non-hydrogen) atoms. The van der Waals surface area contributed by atoms with Crippen LogP contribution < -0.4 is 5.32 Å². The minimum atomic E-state index is -4.27. The van der Waals surface area contributed by atoms with Gasteiger partial charge in [0.25, 0.3) is 0 Å². The van der Waals surface area contributed by atoms with Gasteiger partial charge in [-0.1, -0.05) is 0 Å². The van der Waals surface area contributed by atoms with Gasteiger partial charge in [0, 0.05) is 11.6 Å². The molecule has 6 heteroatoms. The van der Waals surface area contributed by atoms with Crippen molar-refractivity contribution in [1.82, 2.24) is 5.32 Å². The highest BCUT2D eigenvalue weighted by Gasteiger charge is 2.41. The molecule has 0 aromatic heterocycles. The van der Waals surface area contributed by atoms with E-state index < -0.39 is 24.4 Å². The molecular weight excluding hydrogens is 247 g/mol. The van der Waals surface area contributed by atoms with E-state index in [9.17, 15) is 18.3 Å². The largest absolute Gasteiger partial charge is 0.411 e. The fraction of sp³-hybridized carbons (Fsp3) is 1.00. The van der Waals surface area contributed by atoms with E-state index in [1.54, 1.807) is 0 Å². The van der Waals surface area contributed by atoms with Gasteiger partial charge in [-0.15, -0.1) is 0 Å². The van der Waals surface area contributed by atoms with E-state index in [-0.39, 0.29) is 6.61 Å². The van der Waals surface area contributed by atoms with Crippen LogP contribution in [-0.4, -0.2) is 42.2 Å². The summed E-state index contributed by atoms with van der Waals surface area (Å²) < 4.78 is 41.3. The summed E-state index contributed by atoms with van der Waals surface area (Å²) >= 11 is 0. The Morgan fingerprint density at radius 3 is 2.56 bits per heavy atom. The van der Waals surface area contributed by atoms with Crippen LogP contribution in [0.3, 0.4) is 0 Å². The molecule has 0 radical (unpaired) electrons. The molecule has 106 valence electrons. The summed E-state index contributed by atoms with van der Waals surface area (Å²) in [4.78, 5) is 0. The van der Waals surface area contributed by atoms with Crippen molar-refractivity contribution in [3.05, 3.63) is 0 Å². The van der Waals surface area contributed by atoms with E-state index in [4.69, 9.17) is 4.74 Å². The summed E-state index contributed by atoms with van der Waals surface area (Å²) in [5.74, 6) is 0. The molecule has 2 aliphatic carbocycles. The Labute approximate surface area is 105 Å². The topological polar surface area (TPSA) is 41.5 Å². The molecule has 2 rings (SSSR count). The van der Waals surface area contributed by atoms with Crippen LogP contribution in [0.4, 0.5) is 13.2 Å². The van der Waals surface area contributed by atoms with E-state index in [2.05, 4.69) is 5.32 Å². The molecule has 0 heterocycles. The summed E-state index contributed by atoms with van der Waals surface area (Å²) in [6.45, 7) is -1.22. The lowest BCUT2D eigenvalue weighted by Gasteiger charge is -2.40. The molecule has 0 aliphatic heterocycles. The van der Waals surface area contributed by atoms with Gasteiger partial charge in [0.05, 0.1) is 12.7 Å². The minimum Gasteiger partial charge on any atom is -0.394 e. The van der Waals surface area contributed by atoms with Crippen molar-refractivity contribution >= 4 is 0 Å². The monoisotopic (exact) mass is 267 g/mol. The fourth-order valence-electron chi connectivity index (χ4n) is 2.64. The third-order valence-electron chi connectivity index (χ3n) is 3.67. The third-order valence-corrected chi connectivity index (χ3v) is 3.67. The third kappa shape index (κ3) is 4.10. The van der Waals surface area contributed by atoms with Crippen molar-refractivity contribution in [3.8, 4) is 0 Å². The predicted molar refractivity (Wildman–Crippen MR) is 60.2 cm³/mol. The van der Waals surface area contributed by atoms with Crippen LogP contribution in [-0.2, 0) is 4.74 Å². The minimum absolute atomic E-state index is 0.0324. The molecule has 2 aliphatic rings. The SMILES string of the molecule is OCC1(NC2CC2)CCCC(OCC(F)(F)F)C1. The molecule has 0 amide bonds. The van der Waals surface area contributed by atoms with Gasteiger partial charge in [0.15, 0.2) is 0 Å². The van der Waals surface area contributed by atoms with E-state index in [1.165, 1.54) is 0 Å². The Balaban J connectivity index is 1.85. The van der Waals surface area contributed by atoms with Crippen LogP contribution in [0.25, 0.3) is 0 Å². The van der Waals surface area contributed by atoms with Crippen molar-refractivity contribution in [2.45, 2.75) is 62.4 Å². The first kappa shape index (κ1) is 14.1. The Bertz CT molecular complexity index is 281. The van der Waals surface area contributed by atoms with E-state index >= 15 is 0 Å². The van der Waals surface area contributed by atoms with Crippen molar-refractivity contribution in [2.24, 2.45) is 0 Å². The number of aliphatic hydroxyl groups excluding tert-OH is 1. The van der Waals surface area contributed by atoms with Crippen LogP contribution in [0.15, 0.2) is 0 Å². The number of rotatable bonds is 5. The van der Waals surface area contributed by atoms with E-state index in [0.29, 0.717) is 18.9 Å². The maximum absolute atomic E-state index is 12.1. The molecule has 0 saturated heterocycles. The van der Waals surface area contributed by atoms with Gasteiger partial charge in [-0.05, 0) is 38.5 Å². The highest BCUT2D eigenvalue weighted by molar-refractivity contribution is 4.99. The normalized spacial score (nSPS) is 33.7. The lowest BCUT2D eigenvalue weighted by atomic mass is 9.80. The average molecular weight is 267 g/mol. The Morgan fingerprint density at radius 1 is 1.28 bits per heavy atom. The van der Waals surface area contributed by atoms with Crippen molar-refractivity contribution < 1.29 is 23.0 Å². The quantitative estimate of drug-likeness (QED) is 0.800. The molecule has 0 aromatic rings. The highest BCUT2D eigenvalue weighted by atomic mass is 19.4. The second-order valence-corrected chi connectivity index (χ2v) is 5.50. The molecule has 2 saturated carbocycles. The van der Waals surface area contributed by atoms with E-state index in [0.717, 1.165) is 25.7 Å². The Morgan fingerprint density at radius 2 is 2.00 bits per heavy atom. The first-order chi connectivity index (χ1) is 8.42. The summed E-state index contributed by atoms with van der Waals surface area (Å²) in [6, 6.07) is 0.429. The lowest BCUT2D eigenvalue weighted by Crippen LogP contribution is -2.54. The van der Waals surface area contributed by atoms with Crippen molar-refractivity contribution in [3.63, 3.8) is 0 Å². The van der Waals surface area contributed by atoms with Crippen LogP contribution in [0.2, 0.25) is 0 Å². The molecule has 2 N–H and O–H groups in total. The molecule has 2 unspecified atom stereocenters. The molecular formula is C12H20F3NO2. The molecule has 0 bridgehead atoms. The molecule has 0 spiro atoms. The smallest absolute Gasteiger partial charge is 0.394 e. The predicted octanol–water partition coefficient (Wildman–Crippen LogP) is 1.99. The molecule has 2 atom stereocenters. The second-order valence-electron chi connectivity index (χ2n) is 5.50. The lowest BCUT2D eigenvalue weighted by molar-refractivity contribution is -0.190. The Kier molecular flexibility index (Phi) is 4.18. The van der Waals surface area contributed by atoms with Gasteiger partial charge in [-0.2, -0.15) is 13.2 Å². The number of halogens is 3. The summed E-state index contributed by atoms with van der Waals surface area (Å²) in [6.07, 6.45) is 0.225. The number of ether oxygens (including phenoxy) is 1. The fourth-order valence-corrected chi connectivity index (χ4v) is 2.64. The van der Waals surface area contributed by atoms with Crippen LogP contribution >= 0.6 is 0 Å². The van der Waals surface area contributed by atoms with Crippen LogP contribution in [0, 0.1) is 0 Å². The second kappa shape index (κ2) is 5.35. The summed E-state index contributed by atoms with van der Waals surface area (Å²) in [5, 5.41) is 12.9. The number of alkyl halides is 3. The van der Waals surface area contributed by atoms with Gasteiger partial charge in [0.1, 0.15) is 6.61 Å². The first-order valence-electron chi connectivity index (χ1n) is 6.49. The zero-order chi connectivity index (χ0) is 13.2. The summed E-state index contributed by atoms with van der Waals surface area (Å²) in [5.41, 5.74) is -0.435. The maximum Gasteiger partial charge on any atom is 0.411 e. The standard InChI is InChI=1S/C12H20F3NO2/c13-12(14,15)8-18-10-2-1-5-11(6-10,7-17)16-9-3-4-9/h9-10,16-17H,1-8H2. The maximum atomic E-state index is 12.1. The number of aliphatic hydroxyl groups is 1. The van der Waals surface area contributed by atoms with Crippen LogP contribution in [0.1, 0.15) is 38.5 Å². The number of hydrogen-bond acceptors (Lipinski definition) is 3. The van der Waals surface area contributed by atoms with E-state index in [1.807, 2.05) is 0 Å². The molecule has 2 fully saturated rings. The van der Waals surface area contributed by atoms with Gasteiger partial charge in [0.2, 0.25) is 0 Å². The van der Waals surface area contributed by atoms with Crippen molar-refractivity contribution in [1.29, 1.82) is 0 Å². The first-order valence-corrected chi connectivity index (χ1v) is 6.49. The van der Waals surface area contributed by atoms with Gasteiger partial charge in [-0.3, -0.25) is 0 Å². The molecule has 3 nitrogen and oxygen atoms in total. The zero-order valence-corrected chi connectivity index (χ0v) is 10.3. The number of hydrogen-bond donors (Lipinski definition) is 2. The highest BCUT2D eigenvalue weighted by Crippen LogP contribution is 2.34. The average Bonchev–Trinajstić information content (AvgIpc) is 3.10.